The van der Waals surface area contributed by atoms with Crippen LogP contribution < -0.4 is 15.4 Å². The third kappa shape index (κ3) is 8.50. The SMILES string of the molecule is O=C(CCCCCCC1=CCCC1=O)Oc1ccc(NC(=O)c2ccc(NC(=O)c3ccccc3)cc2)cc1. The van der Waals surface area contributed by atoms with Crippen LogP contribution in [-0.4, -0.2) is 23.6 Å². The highest BCUT2D eigenvalue weighted by Gasteiger charge is 2.14. The van der Waals surface area contributed by atoms with E-state index in [0.29, 0.717) is 41.1 Å². The molecule has 0 aliphatic heterocycles. The van der Waals surface area contributed by atoms with E-state index in [0.717, 1.165) is 44.1 Å². The maximum absolute atomic E-state index is 12.6. The van der Waals surface area contributed by atoms with Gasteiger partial charge in [-0.25, -0.2) is 0 Å². The van der Waals surface area contributed by atoms with Crippen LogP contribution in [0.2, 0.25) is 0 Å². The Balaban J connectivity index is 1.15. The molecular formula is C32H32N2O5. The van der Waals surface area contributed by atoms with Crippen LogP contribution in [0.4, 0.5) is 11.4 Å². The minimum absolute atomic E-state index is 0.222. The van der Waals surface area contributed by atoms with Crippen molar-refractivity contribution in [2.24, 2.45) is 0 Å². The summed E-state index contributed by atoms with van der Waals surface area (Å²) in [6, 6.07) is 22.1. The predicted octanol–water partition coefficient (Wildman–Crippen LogP) is 6.73. The second-order valence-corrected chi connectivity index (χ2v) is 9.46. The molecule has 2 N–H and O–H groups in total. The Morgan fingerprint density at radius 1 is 0.692 bits per heavy atom. The number of amides is 2. The van der Waals surface area contributed by atoms with Crippen molar-refractivity contribution in [1.29, 1.82) is 0 Å². The lowest BCUT2D eigenvalue weighted by Gasteiger charge is -2.09. The maximum Gasteiger partial charge on any atom is 0.311 e. The van der Waals surface area contributed by atoms with E-state index in [2.05, 4.69) is 10.6 Å². The number of carbonyl (C=O) groups excluding carboxylic acids is 4. The number of rotatable bonds is 12. The molecule has 1 aliphatic carbocycles. The van der Waals surface area contributed by atoms with Crippen LogP contribution in [0.25, 0.3) is 0 Å². The average Bonchev–Trinajstić information content (AvgIpc) is 3.36. The lowest BCUT2D eigenvalue weighted by atomic mass is 10.0. The molecule has 0 unspecified atom stereocenters. The zero-order chi connectivity index (χ0) is 27.5. The summed E-state index contributed by atoms with van der Waals surface area (Å²) in [5.74, 6) is -0.110. The molecule has 0 atom stereocenters. The topological polar surface area (TPSA) is 102 Å². The maximum atomic E-state index is 12.6. The number of carbonyl (C=O) groups is 4. The molecular weight excluding hydrogens is 492 g/mol. The van der Waals surface area contributed by atoms with Gasteiger partial charge in [0.1, 0.15) is 5.75 Å². The highest BCUT2D eigenvalue weighted by atomic mass is 16.5. The Morgan fingerprint density at radius 2 is 1.28 bits per heavy atom. The van der Waals surface area contributed by atoms with Crippen LogP contribution >= 0.6 is 0 Å². The lowest BCUT2D eigenvalue weighted by Crippen LogP contribution is -2.13. The van der Waals surface area contributed by atoms with Crippen molar-refractivity contribution < 1.29 is 23.9 Å². The van der Waals surface area contributed by atoms with Crippen molar-refractivity contribution >= 4 is 34.9 Å². The van der Waals surface area contributed by atoms with Gasteiger partial charge in [-0.15, -0.1) is 0 Å². The normalized spacial score (nSPS) is 12.5. The molecule has 0 radical (unpaired) electrons. The number of allylic oxidation sites excluding steroid dienone is 2. The molecule has 1 aliphatic rings. The summed E-state index contributed by atoms with van der Waals surface area (Å²) in [5, 5.41) is 5.61. The summed E-state index contributed by atoms with van der Waals surface area (Å²) in [6.45, 7) is 0. The van der Waals surface area contributed by atoms with Crippen molar-refractivity contribution in [3.05, 3.63) is 102 Å². The minimum Gasteiger partial charge on any atom is -0.427 e. The summed E-state index contributed by atoms with van der Waals surface area (Å²) in [7, 11) is 0. The molecule has 0 saturated carbocycles. The first-order valence-corrected chi connectivity index (χ1v) is 13.3. The Hall–Kier alpha value is -4.52. The van der Waals surface area contributed by atoms with E-state index in [9.17, 15) is 19.2 Å². The van der Waals surface area contributed by atoms with E-state index in [1.807, 2.05) is 12.1 Å². The second kappa shape index (κ2) is 13.9. The largest absolute Gasteiger partial charge is 0.427 e. The van der Waals surface area contributed by atoms with Gasteiger partial charge in [-0.2, -0.15) is 0 Å². The molecule has 2 amide bonds. The summed E-state index contributed by atoms with van der Waals surface area (Å²) in [5.41, 5.74) is 3.12. The number of Topliss-reactive ketones (excluding diaryl/α,β-unsaturated/α-hetero) is 1. The van der Waals surface area contributed by atoms with Crippen LogP contribution in [0.1, 0.15) is 72.1 Å². The molecule has 200 valence electrons. The fourth-order valence-electron chi connectivity index (χ4n) is 4.32. The van der Waals surface area contributed by atoms with Gasteiger partial charge < -0.3 is 15.4 Å². The molecule has 0 aromatic heterocycles. The molecule has 0 bridgehead atoms. The quantitative estimate of drug-likeness (QED) is 0.155. The predicted molar refractivity (Wildman–Crippen MR) is 151 cm³/mol. The average molecular weight is 525 g/mol. The Labute approximate surface area is 228 Å². The van der Waals surface area contributed by atoms with Crippen LogP contribution in [0.3, 0.4) is 0 Å². The number of nitrogens with one attached hydrogen (secondary N) is 2. The first kappa shape index (κ1) is 27.5. The van der Waals surface area contributed by atoms with E-state index >= 15 is 0 Å². The van der Waals surface area contributed by atoms with Gasteiger partial charge in [0.25, 0.3) is 11.8 Å². The minimum atomic E-state index is -0.297. The number of hydrogen-bond acceptors (Lipinski definition) is 5. The fraction of sp³-hybridized carbons (Fsp3) is 0.250. The number of unbranched alkanes of at least 4 members (excludes halogenated alkanes) is 3. The summed E-state index contributed by atoms with van der Waals surface area (Å²) in [6.07, 6.45) is 8.36. The monoisotopic (exact) mass is 524 g/mol. The molecule has 7 heteroatoms. The van der Waals surface area contributed by atoms with E-state index < -0.39 is 0 Å². The highest BCUT2D eigenvalue weighted by molar-refractivity contribution is 6.06. The molecule has 4 rings (SSSR count). The lowest BCUT2D eigenvalue weighted by molar-refractivity contribution is -0.134. The van der Waals surface area contributed by atoms with E-state index in [-0.39, 0.29) is 23.6 Å². The van der Waals surface area contributed by atoms with E-state index in [1.54, 1.807) is 72.8 Å². The second-order valence-electron chi connectivity index (χ2n) is 9.46. The first-order chi connectivity index (χ1) is 19.0. The number of hydrogen-bond donors (Lipinski definition) is 2. The molecule has 0 heterocycles. The van der Waals surface area contributed by atoms with E-state index in [4.69, 9.17) is 4.74 Å². The summed E-state index contributed by atoms with van der Waals surface area (Å²) in [4.78, 5) is 48.6. The van der Waals surface area contributed by atoms with Crippen LogP contribution in [-0.2, 0) is 9.59 Å². The molecule has 7 nitrogen and oxygen atoms in total. The van der Waals surface area contributed by atoms with Gasteiger partial charge >= 0.3 is 5.97 Å². The highest BCUT2D eigenvalue weighted by Crippen LogP contribution is 2.21. The first-order valence-electron chi connectivity index (χ1n) is 13.3. The van der Waals surface area contributed by atoms with E-state index in [1.165, 1.54) is 0 Å². The summed E-state index contributed by atoms with van der Waals surface area (Å²) >= 11 is 0. The number of ether oxygens (including phenoxy) is 1. The zero-order valence-electron chi connectivity index (χ0n) is 21.8. The van der Waals surface area contributed by atoms with Gasteiger partial charge in [-0.05, 0) is 91.9 Å². The molecule has 3 aromatic carbocycles. The van der Waals surface area contributed by atoms with Gasteiger partial charge in [-0.1, -0.05) is 37.1 Å². The standard InChI is InChI=1S/C32H32N2O5/c35-29-13-8-12-23(29)9-4-1-2-7-14-30(36)39-28-21-19-27(20-22-28)34-32(38)25-15-17-26(18-16-25)33-31(37)24-10-5-3-6-11-24/h3,5-6,10-12,15-22H,1-2,4,7-9,13-14H2,(H,33,37)(H,34,38). The molecule has 0 saturated heterocycles. The van der Waals surface area contributed by atoms with Crippen molar-refractivity contribution in [3.8, 4) is 5.75 Å². The van der Waals surface area contributed by atoms with Crippen molar-refractivity contribution in [2.45, 2.75) is 51.4 Å². The number of anilines is 2. The molecule has 39 heavy (non-hydrogen) atoms. The van der Waals surface area contributed by atoms with Crippen LogP contribution in [0.5, 0.6) is 5.75 Å². The zero-order valence-corrected chi connectivity index (χ0v) is 21.8. The van der Waals surface area contributed by atoms with Crippen molar-refractivity contribution in [3.63, 3.8) is 0 Å². The fourth-order valence-corrected chi connectivity index (χ4v) is 4.32. The number of esters is 1. The third-order valence-electron chi connectivity index (χ3n) is 6.48. The molecule has 0 spiro atoms. The Bertz CT molecular complexity index is 1330. The van der Waals surface area contributed by atoms with Crippen LogP contribution in [0, 0.1) is 0 Å². The van der Waals surface area contributed by atoms with Crippen molar-refractivity contribution in [2.75, 3.05) is 10.6 Å². The Kier molecular flexibility index (Phi) is 9.78. The summed E-state index contributed by atoms with van der Waals surface area (Å²) < 4.78 is 5.40. The molecule has 3 aromatic rings. The van der Waals surface area contributed by atoms with Gasteiger partial charge in [0.15, 0.2) is 5.78 Å². The Morgan fingerprint density at radius 3 is 1.90 bits per heavy atom. The third-order valence-corrected chi connectivity index (χ3v) is 6.48. The molecule has 0 fully saturated rings. The number of benzene rings is 3. The van der Waals surface area contributed by atoms with Gasteiger partial charge in [0.05, 0.1) is 0 Å². The van der Waals surface area contributed by atoms with Crippen LogP contribution in [0.15, 0.2) is 90.5 Å². The number of ketones is 1. The smallest absolute Gasteiger partial charge is 0.311 e. The van der Waals surface area contributed by atoms with Gasteiger partial charge in [0.2, 0.25) is 0 Å². The van der Waals surface area contributed by atoms with Gasteiger partial charge in [-0.3, -0.25) is 19.2 Å². The van der Waals surface area contributed by atoms with Gasteiger partial charge in [0, 0.05) is 35.3 Å². The van der Waals surface area contributed by atoms with Crippen molar-refractivity contribution in [1.82, 2.24) is 0 Å².